The van der Waals surface area contributed by atoms with Gasteiger partial charge in [-0.25, -0.2) is 9.97 Å². The van der Waals surface area contributed by atoms with Gasteiger partial charge in [-0.3, -0.25) is 0 Å². The molecule has 0 radical (unpaired) electrons. The Labute approximate surface area is 115 Å². The first-order valence-electron chi connectivity index (χ1n) is 5.25. The molecule has 3 nitrogen and oxygen atoms in total. The molecule has 1 unspecified atom stereocenters. The normalized spacial score (nSPS) is 13.2. The van der Waals surface area contributed by atoms with Crippen molar-refractivity contribution in [3.63, 3.8) is 0 Å². The minimum Gasteiger partial charge on any atom is -0.373 e. The van der Waals surface area contributed by atoms with E-state index in [1.165, 1.54) is 0 Å². The van der Waals surface area contributed by atoms with Gasteiger partial charge in [0.1, 0.15) is 11.3 Å². The van der Waals surface area contributed by atoms with E-state index in [1.807, 2.05) is 0 Å². The first-order chi connectivity index (χ1) is 7.51. The molecule has 5 heteroatoms. The van der Waals surface area contributed by atoms with Crippen LogP contribution in [0.2, 0.25) is 5.15 Å². The number of rotatable bonds is 4. The molecule has 1 rings (SSSR count). The Bertz CT molecular complexity index is 371. The van der Waals surface area contributed by atoms with E-state index >= 15 is 0 Å². The molecular formula is C11H16ClIN2O. The van der Waals surface area contributed by atoms with Crippen LogP contribution < -0.4 is 0 Å². The fourth-order valence-electron chi connectivity index (χ4n) is 1.52. The second kappa shape index (κ2) is 6.12. The maximum atomic E-state index is 6.09. The summed E-state index contributed by atoms with van der Waals surface area (Å²) in [5, 5.41) is 0.519. The van der Waals surface area contributed by atoms with Gasteiger partial charge in [-0.05, 0) is 34.9 Å². The molecule has 0 amide bonds. The second-order valence-corrected chi connectivity index (χ2v) is 5.32. The summed E-state index contributed by atoms with van der Waals surface area (Å²) in [6.07, 6.45) is 0.752. The minimum absolute atomic E-state index is 0.0974. The highest BCUT2D eigenvalue weighted by molar-refractivity contribution is 14.1. The zero-order chi connectivity index (χ0) is 12.3. The fourth-order valence-corrected chi connectivity index (χ4v) is 2.34. The molecule has 1 aromatic heterocycles. The molecule has 1 aromatic rings. The summed E-state index contributed by atoms with van der Waals surface area (Å²) in [4.78, 5) is 8.81. The van der Waals surface area contributed by atoms with E-state index in [0.717, 1.165) is 15.7 Å². The van der Waals surface area contributed by atoms with Crippen molar-refractivity contribution in [2.75, 3.05) is 7.11 Å². The number of halogens is 2. The molecule has 0 saturated heterocycles. The fraction of sp³-hybridized carbons (Fsp3) is 0.636. The molecule has 0 fully saturated rings. The van der Waals surface area contributed by atoms with Crippen molar-refractivity contribution in [2.24, 2.45) is 5.92 Å². The third kappa shape index (κ3) is 3.05. The molecule has 16 heavy (non-hydrogen) atoms. The van der Waals surface area contributed by atoms with Gasteiger partial charge in [0.25, 0.3) is 0 Å². The molecule has 90 valence electrons. The lowest BCUT2D eigenvalue weighted by atomic mass is 10.1. The van der Waals surface area contributed by atoms with Gasteiger partial charge >= 0.3 is 0 Å². The summed E-state index contributed by atoms with van der Waals surface area (Å²) >= 11 is 8.27. The Morgan fingerprint density at radius 2 is 2.00 bits per heavy atom. The average Bonchev–Trinajstić information content (AvgIpc) is 2.23. The van der Waals surface area contributed by atoms with Crippen LogP contribution in [0.25, 0.3) is 0 Å². The third-order valence-corrected chi connectivity index (χ3v) is 4.07. The first kappa shape index (κ1) is 14.1. The maximum absolute atomic E-state index is 6.09. The highest BCUT2D eigenvalue weighted by Crippen LogP contribution is 2.26. The van der Waals surface area contributed by atoms with Crippen molar-refractivity contribution < 1.29 is 4.74 Å². The molecular weight excluding hydrogens is 338 g/mol. The van der Waals surface area contributed by atoms with Gasteiger partial charge in [-0.15, -0.1) is 0 Å². The van der Waals surface area contributed by atoms with Crippen LogP contribution in [-0.2, 0) is 11.2 Å². The van der Waals surface area contributed by atoms with Gasteiger partial charge < -0.3 is 4.74 Å². The highest BCUT2D eigenvalue weighted by atomic mass is 127. The van der Waals surface area contributed by atoms with Gasteiger partial charge in [0, 0.05) is 7.11 Å². The number of ether oxygens (including phenoxy) is 1. The molecule has 0 aliphatic heterocycles. The molecule has 0 bridgehead atoms. The van der Waals surface area contributed by atoms with Crippen molar-refractivity contribution in [1.82, 2.24) is 9.97 Å². The van der Waals surface area contributed by atoms with Crippen LogP contribution in [0.5, 0.6) is 0 Å². The lowest BCUT2D eigenvalue weighted by molar-refractivity contribution is 0.0572. The summed E-state index contributed by atoms with van der Waals surface area (Å²) in [5.74, 6) is 1.01. The SMILES string of the molecule is CCc1nc(C(OC)C(C)C)nc(Cl)c1I. The van der Waals surface area contributed by atoms with E-state index in [1.54, 1.807) is 7.11 Å². The molecule has 0 spiro atoms. The van der Waals surface area contributed by atoms with E-state index in [2.05, 4.69) is 53.3 Å². The second-order valence-electron chi connectivity index (χ2n) is 3.89. The van der Waals surface area contributed by atoms with Crippen molar-refractivity contribution in [3.8, 4) is 0 Å². The van der Waals surface area contributed by atoms with Crippen molar-refractivity contribution >= 4 is 34.2 Å². The van der Waals surface area contributed by atoms with Crippen LogP contribution in [0.1, 0.15) is 38.4 Å². The van der Waals surface area contributed by atoms with Gasteiger partial charge in [0.05, 0.1) is 9.26 Å². The highest BCUT2D eigenvalue weighted by Gasteiger charge is 2.20. The Morgan fingerprint density at radius 3 is 2.44 bits per heavy atom. The summed E-state index contributed by atoms with van der Waals surface area (Å²) in [5.41, 5.74) is 0.985. The van der Waals surface area contributed by atoms with E-state index in [9.17, 15) is 0 Å². The van der Waals surface area contributed by atoms with E-state index < -0.39 is 0 Å². The standard InChI is InChI=1S/C11H16ClIN2O/c1-5-7-8(13)10(12)15-11(14-7)9(16-4)6(2)3/h6,9H,5H2,1-4H3. The predicted octanol–water partition coefficient (Wildman–Crippen LogP) is 3.64. The van der Waals surface area contributed by atoms with E-state index in [4.69, 9.17) is 16.3 Å². The number of nitrogens with zero attached hydrogens (tertiary/aromatic N) is 2. The first-order valence-corrected chi connectivity index (χ1v) is 6.71. The summed E-state index contributed by atoms with van der Waals surface area (Å²) in [6.45, 7) is 6.21. The van der Waals surface area contributed by atoms with Crippen molar-refractivity contribution in [1.29, 1.82) is 0 Å². The molecule has 1 heterocycles. The van der Waals surface area contributed by atoms with Crippen molar-refractivity contribution in [2.45, 2.75) is 33.3 Å². The van der Waals surface area contributed by atoms with Crippen LogP contribution in [0.4, 0.5) is 0 Å². The van der Waals surface area contributed by atoms with Crippen LogP contribution in [0, 0.1) is 9.49 Å². The van der Waals surface area contributed by atoms with Gasteiger partial charge in [-0.1, -0.05) is 32.4 Å². The van der Waals surface area contributed by atoms with Gasteiger partial charge in [-0.2, -0.15) is 0 Å². The average molecular weight is 355 g/mol. The van der Waals surface area contributed by atoms with Crippen LogP contribution in [0.15, 0.2) is 0 Å². The molecule has 0 saturated carbocycles. The summed E-state index contributed by atoms with van der Waals surface area (Å²) in [7, 11) is 1.67. The molecule has 0 aliphatic rings. The molecule has 1 atom stereocenters. The van der Waals surface area contributed by atoms with Crippen LogP contribution >= 0.6 is 34.2 Å². The smallest absolute Gasteiger partial charge is 0.159 e. The number of methoxy groups -OCH3 is 1. The minimum atomic E-state index is -0.0974. The topological polar surface area (TPSA) is 35.0 Å². The van der Waals surface area contributed by atoms with E-state index in [0.29, 0.717) is 16.9 Å². The van der Waals surface area contributed by atoms with Gasteiger partial charge in [0.2, 0.25) is 0 Å². The molecule has 0 aromatic carbocycles. The lowest BCUT2D eigenvalue weighted by Gasteiger charge is -2.18. The summed E-state index contributed by atoms with van der Waals surface area (Å²) < 4.78 is 6.34. The number of hydrogen-bond donors (Lipinski definition) is 0. The maximum Gasteiger partial charge on any atom is 0.159 e. The number of hydrogen-bond acceptors (Lipinski definition) is 3. The Balaban J connectivity index is 3.19. The Morgan fingerprint density at radius 1 is 1.38 bits per heavy atom. The number of aromatic nitrogens is 2. The Kier molecular flexibility index (Phi) is 5.40. The summed E-state index contributed by atoms with van der Waals surface area (Å²) in [6, 6.07) is 0. The quantitative estimate of drug-likeness (QED) is 0.611. The van der Waals surface area contributed by atoms with Crippen molar-refractivity contribution in [3.05, 3.63) is 20.2 Å². The monoisotopic (exact) mass is 354 g/mol. The molecule has 0 N–H and O–H groups in total. The third-order valence-electron chi connectivity index (χ3n) is 2.35. The zero-order valence-electron chi connectivity index (χ0n) is 9.92. The Hall–Kier alpha value is 0.0600. The largest absolute Gasteiger partial charge is 0.373 e. The zero-order valence-corrected chi connectivity index (χ0v) is 12.8. The van der Waals surface area contributed by atoms with Crippen LogP contribution in [0.3, 0.4) is 0 Å². The van der Waals surface area contributed by atoms with Crippen LogP contribution in [-0.4, -0.2) is 17.1 Å². The molecule has 0 aliphatic carbocycles. The van der Waals surface area contributed by atoms with E-state index in [-0.39, 0.29) is 6.10 Å². The lowest BCUT2D eigenvalue weighted by Crippen LogP contribution is -2.15. The predicted molar refractivity (Wildman–Crippen MR) is 73.7 cm³/mol. The van der Waals surface area contributed by atoms with Gasteiger partial charge in [0.15, 0.2) is 5.82 Å². The number of aryl methyl sites for hydroxylation is 1.